The van der Waals surface area contributed by atoms with Gasteiger partial charge in [0.1, 0.15) is 18.1 Å². The topological polar surface area (TPSA) is 53.4 Å². The summed E-state index contributed by atoms with van der Waals surface area (Å²) in [6.07, 6.45) is 1.50. The van der Waals surface area contributed by atoms with E-state index in [9.17, 15) is 9.18 Å². The number of aromatic nitrogens is 1. The van der Waals surface area contributed by atoms with E-state index in [0.717, 1.165) is 0 Å². The Bertz CT molecular complexity index is 702. The highest BCUT2D eigenvalue weighted by Gasteiger charge is 2.17. The zero-order valence-corrected chi connectivity index (χ0v) is 11.4. The third-order valence-electron chi connectivity index (χ3n) is 2.83. The van der Waals surface area contributed by atoms with Gasteiger partial charge in [0, 0.05) is 18.9 Å². The van der Waals surface area contributed by atoms with Crippen LogP contribution in [0.15, 0.2) is 42.6 Å². The van der Waals surface area contributed by atoms with Gasteiger partial charge in [-0.1, -0.05) is 11.8 Å². The molecule has 0 aliphatic carbocycles. The second-order valence-electron chi connectivity index (χ2n) is 4.20. The van der Waals surface area contributed by atoms with Gasteiger partial charge >= 0.3 is 0 Å². The Morgan fingerprint density at radius 2 is 2.05 bits per heavy atom. The number of carbonyl (C=O) groups excluding carboxylic acids is 1. The first-order chi connectivity index (χ1) is 10.1. The number of rotatable bonds is 2. The quantitative estimate of drug-likeness (QED) is 0.856. The Morgan fingerprint density at radius 3 is 2.71 bits per heavy atom. The molecule has 2 rings (SSSR count). The van der Waals surface area contributed by atoms with Gasteiger partial charge in [0.05, 0.1) is 5.56 Å². The molecule has 4 nitrogen and oxygen atoms in total. The number of anilines is 1. The average Bonchev–Trinajstić information content (AvgIpc) is 2.52. The molecule has 1 heterocycles. The van der Waals surface area contributed by atoms with E-state index < -0.39 is 0 Å². The van der Waals surface area contributed by atoms with Crippen molar-refractivity contribution in [2.75, 3.05) is 18.6 Å². The summed E-state index contributed by atoms with van der Waals surface area (Å²) in [4.78, 5) is 17.9. The molecule has 0 saturated heterocycles. The van der Waals surface area contributed by atoms with Crippen LogP contribution in [0.25, 0.3) is 0 Å². The minimum absolute atomic E-state index is 0.185. The van der Waals surface area contributed by atoms with Crippen LogP contribution in [-0.2, 0) is 0 Å². The van der Waals surface area contributed by atoms with Crippen molar-refractivity contribution in [2.24, 2.45) is 0 Å². The van der Waals surface area contributed by atoms with Crippen LogP contribution in [0, 0.1) is 17.7 Å². The maximum atomic E-state index is 12.9. The largest absolute Gasteiger partial charge is 0.384 e. The van der Waals surface area contributed by atoms with Crippen LogP contribution in [0.1, 0.15) is 16.1 Å². The monoisotopic (exact) mass is 284 g/mol. The van der Waals surface area contributed by atoms with Crippen LogP contribution in [0.4, 0.5) is 10.1 Å². The SMILES string of the molecule is CN(C(=O)c1ncccc1C#CCO)c1ccc(F)cc1. The third kappa shape index (κ3) is 3.44. The van der Waals surface area contributed by atoms with Crippen molar-refractivity contribution in [1.82, 2.24) is 4.98 Å². The lowest BCUT2D eigenvalue weighted by molar-refractivity contribution is 0.0988. The summed E-state index contributed by atoms with van der Waals surface area (Å²) in [5.41, 5.74) is 1.17. The molecule has 0 aliphatic rings. The van der Waals surface area contributed by atoms with Crippen LogP contribution in [0.2, 0.25) is 0 Å². The lowest BCUT2D eigenvalue weighted by Gasteiger charge is -2.17. The van der Waals surface area contributed by atoms with Gasteiger partial charge in [-0.05, 0) is 36.4 Å². The third-order valence-corrected chi connectivity index (χ3v) is 2.83. The molecule has 1 aromatic carbocycles. The van der Waals surface area contributed by atoms with Crippen LogP contribution < -0.4 is 4.90 Å². The molecule has 1 amide bonds. The maximum Gasteiger partial charge on any atom is 0.277 e. The smallest absolute Gasteiger partial charge is 0.277 e. The van der Waals surface area contributed by atoms with E-state index in [1.165, 1.54) is 35.4 Å². The Labute approximate surface area is 121 Å². The molecular weight excluding hydrogens is 271 g/mol. The number of aliphatic hydroxyl groups is 1. The number of pyridine rings is 1. The van der Waals surface area contributed by atoms with E-state index in [-0.39, 0.29) is 24.0 Å². The highest BCUT2D eigenvalue weighted by atomic mass is 19.1. The van der Waals surface area contributed by atoms with Crippen LogP contribution in [0.3, 0.4) is 0 Å². The summed E-state index contributed by atoms with van der Waals surface area (Å²) in [5, 5.41) is 8.75. The highest BCUT2D eigenvalue weighted by molar-refractivity contribution is 6.05. The fourth-order valence-corrected chi connectivity index (χ4v) is 1.75. The van der Waals surface area contributed by atoms with Gasteiger partial charge in [0.15, 0.2) is 0 Å². The maximum absolute atomic E-state index is 12.9. The van der Waals surface area contributed by atoms with Crippen molar-refractivity contribution in [2.45, 2.75) is 0 Å². The average molecular weight is 284 g/mol. The van der Waals surface area contributed by atoms with Gasteiger partial charge in [0.2, 0.25) is 0 Å². The summed E-state index contributed by atoms with van der Waals surface area (Å²) < 4.78 is 12.9. The first kappa shape index (κ1) is 14.7. The van der Waals surface area contributed by atoms with Crippen LogP contribution in [-0.4, -0.2) is 29.7 Å². The van der Waals surface area contributed by atoms with Gasteiger partial charge in [-0.2, -0.15) is 0 Å². The molecule has 0 saturated carbocycles. The molecular formula is C16H13FN2O2. The van der Waals surface area contributed by atoms with E-state index in [1.54, 1.807) is 19.2 Å². The first-order valence-corrected chi connectivity index (χ1v) is 6.22. The number of hydrogen-bond donors (Lipinski definition) is 1. The van der Waals surface area contributed by atoms with E-state index >= 15 is 0 Å². The van der Waals surface area contributed by atoms with Gasteiger partial charge in [-0.15, -0.1) is 0 Å². The molecule has 0 bridgehead atoms. The van der Waals surface area contributed by atoms with E-state index in [2.05, 4.69) is 16.8 Å². The fraction of sp³-hybridized carbons (Fsp3) is 0.125. The van der Waals surface area contributed by atoms with Crippen molar-refractivity contribution >= 4 is 11.6 Å². The zero-order chi connectivity index (χ0) is 15.2. The van der Waals surface area contributed by atoms with E-state index in [0.29, 0.717) is 11.3 Å². The number of halogens is 1. The van der Waals surface area contributed by atoms with Crippen molar-refractivity contribution in [3.05, 3.63) is 59.7 Å². The van der Waals surface area contributed by atoms with E-state index in [1.807, 2.05) is 0 Å². The number of amides is 1. The number of hydrogen-bond acceptors (Lipinski definition) is 3. The van der Waals surface area contributed by atoms with Crippen LogP contribution in [0.5, 0.6) is 0 Å². The summed E-state index contributed by atoms with van der Waals surface area (Å²) >= 11 is 0. The summed E-state index contributed by atoms with van der Waals surface area (Å²) in [7, 11) is 1.58. The molecule has 0 atom stereocenters. The molecule has 0 fully saturated rings. The highest BCUT2D eigenvalue weighted by Crippen LogP contribution is 2.16. The Balaban J connectivity index is 2.33. The number of nitrogens with zero attached hydrogens (tertiary/aromatic N) is 2. The Kier molecular flexibility index (Phi) is 4.64. The Hall–Kier alpha value is -2.71. The standard InChI is InChI=1S/C16H13FN2O2/c1-19(14-8-6-13(17)7-9-14)16(21)15-12(5-3-11-20)4-2-10-18-15/h2,4,6-10,20H,11H2,1H3. The zero-order valence-electron chi connectivity index (χ0n) is 11.4. The van der Waals surface area contributed by atoms with Gasteiger partial charge in [-0.25, -0.2) is 9.37 Å². The Morgan fingerprint density at radius 1 is 1.33 bits per heavy atom. The predicted molar refractivity (Wildman–Crippen MR) is 77.3 cm³/mol. The van der Waals surface area contributed by atoms with Crippen molar-refractivity contribution in [3.8, 4) is 11.8 Å². The molecule has 0 aliphatic heterocycles. The minimum atomic E-state index is -0.369. The second kappa shape index (κ2) is 6.64. The van der Waals surface area contributed by atoms with Crippen molar-refractivity contribution in [3.63, 3.8) is 0 Å². The molecule has 1 aromatic heterocycles. The summed E-state index contributed by atoms with van der Waals surface area (Å²) in [6, 6.07) is 8.90. The molecule has 21 heavy (non-hydrogen) atoms. The summed E-state index contributed by atoms with van der Waals surface area (Å²) in [6.45, 7) is -0.295. The molecule has 1 N–H and O–H groups in total. The molecule has 5 heteroatoms. The summed E-state index contributed by atoms with van der Waals surface area (Å²) in [5.74, 6) is 4.45. The number of aliphatic hydroxyl groups excluding tert-OH is 1. The molecule has 0 unspecified atom stereocenters. The molecule has 2 aromatic rings. The molecule has 106 valence electrons. The van der Waals surface area contributed by atoms with Gasteiger partial charge in [-0.3, -0.25) is 4.79 Å². The van der Waals surface area contributed by atoms with Gasteiger partial charge in [0.25, 0.3) is 5.91 Å². The lowest BCUT2D eigenvalue weighted by Crippen LogP contribution is -2.27. The second-order valence-corrected chi connectivity index (χ2v) is 4.20. The lowest BCUT2D eigenvalue weighted by atomic mass is 10.1. The molecule has 0 radical (unpaired) electrons. The van der Waals surface area contributed by atoms with Crippen LogP contribution >= 0.6 is 0 Å². The van der Waals surface area contributed by atoms with E-state index in [4.69, 9.17) is 5.11 Å². The van der Waals surface area contributed by atoms with Crippen molar-refractivity contribution in [1.29, 1.82) is 0 Å². The fourth-order valence-electron chi connectivity index (χ4n) is 1.75. The molecule has 0 spiro atoms. The normalized spacial score (nSPS) is 9.67. The minimum Gasteiger partial charge on any atom is -0.384 e. The number of benzene rings is 1. The first-order valence-electron chi connectivity index (χ1n) is 6.22. The number of carbonyl (C=O) groups is 1. The van der Waals surface area contributed by atoms with Crippen molar-refractivity contribution < 1.29 is 14.3 Å². The predicted octanol–water partition coefficient (Wildman–Crippen LogP) is 1.84. The van der Waals surface area contributed by atoms with Gasteiger partial charge < -0.3 is 10.0 Å².